The van der Waals surface area contributed by atoms with Crippen LogP contribution < -0.4 is 15.0 Å². The second-order valence-electron chi connectivity index (χ2n) is 5.98. The van der Waals surface area contributed by atoms with E-state index in [2.05, 4.69) is 5.32 Å². The Kier molecular flexibility index (Phi) is 4.95. The summed E-state index contributed by atoms with van der Waals surface area (Å²) in [6, 6.07) is 12.6. The average Bonchev–Trinajstić information content (AvgIpc) is 2.98. The normalized spacial score (nSPS) is 16.8. The highest BCUT2D eigenvalue weighted by molar-refractivity contribution is 6.33. The molecule has 5 nitrogen and oxygen atoms in total. The van der Waals surface area contributed by atoms with Gasteiger partial charge in [-0.2, -0.15) is 0 Å². The number of aryl methyl sites for hydroxylation is 1. The number of ether oxygens (including phenoxy) is 1. The van der Waals surface area contributed by atoms with Crippen LogP contribution in [0.4, 0.5) is 11.4 Å². The first-order valence-corrected chi connectivity index (χ1v) is 8.40. The number of methoxy groups -OCH3 is 1. The second-order valence-corrected chi connectivity index (χ2v) is 6.38. The fraction of sp³-hybridized carbons (Fsp3) is 0.263. The lowest BCUT2D eigenvalue weighted by Crippen LogP contribution is -2.33. The summed E-state index contributed by atoms with van der Waals surface area (Å²) in [7, 11) is 1.57. The zero-order valence-corrected chi connectivity index (χ0v) is 14.8. The second kappa shape index (κ2) is 7.15. The minimum Gasteiger partial charge on any atom is -0.495 e. The summed E-state index contributed by atoms with van der Waals surface area (Å²) in [5.41, 5.74) is 2.22. The number of benzene rings is 2. The number of anilines is 2. The van der Waals surface area contributed by atoms with Crippen LogP contribution in [0.2, 0.25) is 5.02 Å². The van der Waals surface area contributed by atoms with Gasteiger partial charge in [0.05, 0.1) is 23.5 Å². The van der Waals surface area contributed by atoms with Crippen molar-refractivity contribution in [1.29, 1.82) is 0 Å². The summed E-state index contributed by atoms with van der Waals surface area (Å²) in [4.78, 5) is 26.9. The van der Waals surface area contributed by atoms with Crippen molar-refractivity contribution < 1.29 is 14.3 Å². The maximum absolute atomic E-state index is 12.8. The van der Waals surface area contributed by atoms with Gasteiger partial charge in [-0.3, -0.25) is 9.59 Å². The van der Waals surface area contributed by atoms with Gasteiger partial charge in [0.1, 0.15) is 11.7 Å². The Morgan fingerprint density at radius 2 is 2.04 bits per heavy atom. The van der Waals surface area contributed by atoms with E-state index in [1.807, 2.05) is 25.1 Å². The Labute approximate surface area is 151 Å². The Hall–Kier alpha value is -2.53. The van der Waals surface area contributed by atoms with Crippen molar-refractivity contribution in [1.82, 2.24) is 0 Å². The summed E-state index contributed by atoms with van der Waals surface area (Å²) in [6.45, 7) is 2.42. The van der Waals surface area contributed by atoms with Gasteiger partial charge < -0.3 is 15.0 Å². The standard InChI is InChI=1S/C19H19ClN2O3/c1-12-7-8-17(25-2)16(11-12)22-10-9-13(19(22)24)18(23)21-15-6-4-3-5-14(15)20/h3-8,11,13H,9-10H2,1-2H3,(H,21,23). The molecule has 1 unspecified atom stereocenters. The molecule has 25 heavy (non-hydrogen) atoms. The minimum absolute atomic E-state index is 0.228. The number of hydrogen-bond acceptors (Lipinski definition) is 3. The number of para-hydroxylation sites is 1. The molecule has 3 rings (SSSR count). The van der Waals surface area contributed by atoms with E-state index >= 15 is 0 Å². The molecular formula is C19H19ClN2O3. The van der Waals surface area contributed by atoms with Crippen molar-refractivity contribution >= 4 is 34.8 Å². The number of amides is 2. The smallest absolute Gasteiger partial charge is 0.239 e. The topological polar surface area (TPSA) is 58.6 Å². The third-order valence-electron chi connectivity index (χ3n) is 4.28. The molecule has 6 heteroatoms. The fourth-order valence-electron chi connectivity index (χ4n) is 2.96. The number of nitrogens with one attached hydrogen (secondary N) is 1. The number of rotatable bonds is 4. The largest absolute Gasteiger partial charge is 0.495 e. The molecule has 1 saturated heterocycles. The van der Waals surface area contributed by atoms with E-state index < -0.39 is 5.92 Å². The molecule has 2 aromatic carbocycles. The van der Waals surface area contributed by atoms with Gasteiger partial charge in [0.25, 0.3) is 0 Å². The number of nitrogens with zero attached hydrogens (tertiary/aromatic N) is 1. The highest BCUT2D eigenvalue weighted by Gasteiger charge is 2.38. The van der Waals surface area contributed by atoms with Crippen LogP contribution in [0.1, 0.15) is 12.0 Å². The van der Waals surface area contributed by atoms with E-state index in [0.29, 0.717) is 35.1 Å². The molecule has 2 amide bonds. The van der Waals surface area contributed by atoms with Crippen LogP contribution in [0.15, 0.2) is 42.5 Å². The fourth-order valence-corrected chi connectivity index (χ4v) is 3.14. The molecule has 0 aromatic heterocycles. The van der Waals surface area contributed by atoms with Crippen LogP contribution >= 0.6 is 11.6 Å². The minimum atomic E-state index is -0.735. The van der Waals surface area contributed by atoms with E-state index in [-0.39, 0.29) is 11.8 Å². The quantitative estimate of drug-likeness (QED) is 0.849. The maximum atomic E-state index is 12.8. The first-order valence-electron chi connectivity index (χ1n) is 8.02. The third kappa shape index (κ3) is 3.46. The van der Waals surface area contributed by atoms with Crippen molar-refractivity contribution in [2.45, 2.75) is 13.3 Å². The van der Waals surface area contributed by atoms with E-state index in [9.17, 15) is 9.59 Å². The number of carbonyl (C=O) groups is 2. The van der Waals surface area contributed by atoms with Crippen molar-refractivity contribution in [3.8, 4) is 5.75 Å². The molecule has 2 aromatic rings. The van der Waals surface area contributed by atoms with Gasteiger partial charge in [0, 0.05) is 6.54 Å². The van der Waals surface area contributed by atoms with Crippen LogP contribution in [0.3, 0.4) is 0 Å². The molecule has 0 saturated carbocycles. The molecule has 0 bridgehead atoms. The Bertz CT molecular complexity index is 822. The summed E-state index contributed by atoms with van der Waals surface area (Å²) >= 11 is 6.07. The molecule has 0 spiro atoms. The maximum Gasteiger partial charge on any atom is 0.239 e. The highest BCUT2D eigenvalue weighted by atomic mass is 35.5. The van der Waals surface area contributed by atoms with Crippen molar-refractivity contribution in [2.75, 3.05) is 23.9 Å². The summed E-state index contributed by atoms with van der Waals surface area (Å²) in [5.74, 6) is -0.687. The lowest BCUT2D eigenvalue weighted by atomic mass is 10.1. The van der Waals surface area contributed by atoms with Crippen molar-refractivity contribution in [3.05, 3.63) is 53.1 Å². The molecule has 1 fully saturated rings. The van der Waals surface area contributed by atoms with Gasteiger partial charge in [0.2, 0.25) is 11.8 Å². The Morgan fingerprint density at radius 1 is 1.28 bits per heavy atom. The molecule has 1 N–H and O–H groups in total. The van der Waals surface area contributed by atoms with Crippen molar-refractivity contribution in [2.24, 2.45) is 5.92 Å². The first kappa shape index (κ1) is 17.3. The number of halogens is 1. The Balaban J connectivity index is 1.79. The van der Waals surface area contributed by atoms with Gasteiger partial charge in [0.15, 0.2) is 0 Å². The van der Waals surface area contributed by atoms with Crippen LogP contribution in [0, 0.1) is 12.8 Å². The molecule has 1 heterocycles. The van der Waals surface area contributed by atoms with E-state index in [4.69, 9.17) is 16.3 Å². The average molecular weight is 359 g/mol. The van der Waals surface area contributed by atoms with E-state index in [0.717, 1.165) is 5.56 Å². The van der Waals surface area contributed by atoms with Crippen LogP contribution in [0.5, 0.6) is 5.75 Å². The molecule has 0 aliphatic carbocycles. The van der Waals surface area contributed by atoms with E-state index in [1.165, 1.54) is 0 Å². The molecule has 1 atom stereocenters. The van der Waals surface area contributed by atoms with Gasteiger partial charge in [-0.05, 0) is 43.2 Å². The summed E-state index contributed by atoms with van der Waals surface area (Å²) in [6.07, 6.45) is 0.451. The predicted molar refractivity (Wildman–Crippen MR) is 98.3 cm³/mol. The lowest BCUT2D eigenvalue weighted by molar-refractivity contribution is -0.129. The van der Waals surface area contributed by atoms with Gasteiger partial charge in [-0.15, -0.1) is 0 Å². The molecule has 1 aliphatic heterocycles. The van der Waals surface area contributed by atoms with Gasteiger partial charge >= 0.3 is 0 Å². The molecule has 0 radical (unpaired) electrons. The first-order chi connectivity index (χ1) is 12.0. The molecular weight excluding hydrogens is 340 g/mol. The summed E-state index contributed by atoms with van der Waals surface area (Å²) < 4.78 is 5.36. The van der Waals surface area contributed by atoms with Crippen LogP contribution in [0.25, 0.3) is 0 Å². The monoisotopic (exact) mass is 358 g/mol. The Morgan fingerprint density at radius 3 is 2.76 bits per heavy atom. The number of hydrogen-bond donors (Lipinski definition) is 1. The molecule has 1 aliphatic rings. The summed E-state index contributed by atoms with van der Waals surface area (Å²) in [5, 5.41) is 3.19. The SMILES string of the molecule is COc1ccc(C)cc1N1CCC(C(=O)Nc2ccccc2Cl)C1=O. The highest BCUT2D eigenvalue weighted by Crippen LogP contribution is 2.34. The zero-order valence-electron chi connectivity index (χ0n) is 14.1. The predicted octanol–water partition coefficient (Wildman–Crippen LogP) is 3.65. The van der Waals surface area contributed by atoms with Crippen LogP contribution in [-0.2, 0) is 9.59 Å². The van der Waals surface area contributed by atoms with E-state index in [1.54, 1.807) is 36.3 Å². The third-order valence-corrected chi connectivity index (χ3v) is 4.61. The van der Waals surface area contributed by atoms with Gasteiger partial charge in [-0.1, -0.05) is 29.8 Å². The van der Waals surface area contributed by atoms with Crippen LogP contribution in [-0.4, -0.2) is 25.5 Å². The van der Waals surface area contributed by atoms with Crippen molar-refractivity contribution in [3.63, 3.8) is 0 Å². The molecule has 130 valence electrons. The zero-order chi connectivity index (χ0) is 18.0. The number of carbonyl (C=O) groups excluding carboxylic acids is 2. The lowest BCUT2D eigenvalue weighted by Gasteiger charge is -2.20. The van der Waals surface area contributed by atoms with Gasteiger partial charge in [-0.25, -0.2) is 0 Å².